The van der Waals surface area contributed by atoms with Crippen LogP contribution in [0.2, 0.25) is 0 Å². The largest absolute Gasteiger partial charge is 0.360 e. The number of aromatic nitrogens is 3. The van der Waals surface area contributed by atoms with Crippen molar-refractivity contribution in [1.29, 1.82) is 5.26 Å². The topological polar surface area (TPSA) is 73.9 Å². The summed E-state index contributed by atoms with van der Waals surface area (Å²) in [5.41, 5.74) is 3.04. The average Bonchev–Trinajstić information content (AvgIpc) is 3.25. The number of aromatic amines is 1. The fraction of sp³-hybridized carbons (Fsp3) is 0.105. The molecule has 0 aliphatic carbocycles. The maximum atomic E-state index is 12.9. The Morgan fingerprint density at radius 1 is 1.36 bits per heavy atom. The van der Waals surface area contributed by atoms with Gasteiger partial charge < -0.3 is 4.98 Å². The Morgan fingerprint density at radius 2 is 2.16 bits per heavy atom. The quantitative estimate of drug-likeness (QED) is 0.342. The molecule has 0 bridgehead atoms. The number of hydrogen-bond donors (Lipinski definition) is 1. The van der Waals surface area contributed by atoms with Crippen molar-refractivity contribution in [1.82, 2.24) is 14.4 Å². The van der Waals surface area contributed by atoms with Crippen molar-refractivity contribution in [2.45, 2.75) is 13.8 Å². The molecule has 0 atom stereocenters. The molecule has 4 aromatic rings. The number of carbonyl (C=O) groups excluding carboxylic acids is 1. The van der Waals surface area contributed by atoms with Crippen molar-refractivity contribution in [3.8, 4) is 6.07 Å². The smallest absolute Gasteiger partial charge is 0.205 e. The van der Waals surface area contributed by atoms with Gasteiger partial charge in [0.15, 0.2) is 4.96 Å². The van der Waals surface area contributed by atoms with Crippen molar-refractivity contribution in [3.05, 3.63) is 64.1 Å². The second-order valence-electron chi connectivity index (χ2n) is 5.82. The zero-order valence-electron chi connectivity index (χ0n) is 13.7. The van der Waals surface area contributed by atoms with Crippen molar-refractivity contribution in [2.75, 3.05) is 0 Å². The lowest BCUT2D eigenvalue weighted by Gasteiger charge is -1.99. The molecular formula is C19H14N4OS. The first-order valence-corrected chi connectivity index (χ1v) is 8.58. The van der Waals surface area contributed by atoms with E-state index in [4.69, 9.17) is 0 Å². The molecular weight excluding hydrogens is 332 g/mol. The predicted octanol–water partition coefficient (Wildman–Crippen LogP) is 4.28. The van der Waals surface area contributed by atoms with Gasteiger partial charge in [-0.2, -0.15) is 5.26 Å². The number of imidazole rings is 1. The van der Waals surface area contributed by atoms with Crippen LogP contribution in [-0.2, 0) is 0 Å². The number of carbonyl (C=O) groups is 1. The van der Waals surface area contributed by atoms with E-state index in [9.17, 15) is 10.1 Å². The van der Waals surface area contributed by atoms with Gasteiger partial charge in [0.1, 0.15) is 11.6 Å². The monoisotopic (exact) mass is 346 g/mol. The summed E-state index contributed by atoms with van der Waals surface area (Å²) in [4.78, 5) is 22.5. The van der Waals surface area contributed by atoms with Gasteiger partial charge in [0.2, 0.25) is 5.78 Å². The fourth-order valence-corrected chi connectivity index (χ4v) is 3.82. The Morgan fingerprint density at radius 3 is 2.96 bits per heavy atom. The van der Waals surface area contributed by atoms with Crippen molar-refractivity contribution >= 4 is 39.1 Å². The van der Waals surface area contributed by atoms with Gasteiger partial charge in [0, 0.05) is 33.7 Å². The summed E-state index contributed by atoms with van der Waals surface area (Å²) in [5.74, 6) is -0.291. The third kappa shape index (κ3) is 2.46. The van der Waals surface area contributed by atoms with Gasteiger partial charge in [-0.15, -0.1) is 11.3 Å². The van der Waals surface area contributed by atoms with Crippen LogP contribution in [0.5, 0.6) is 0 Å². The Kier molecular flexibility index (Phi) is 3.52. The molecule has 1 aromatic carbocycles. The van der Waals surface area contributed by atoms with Gasteiger partial charge in [0.25, 0.3) is 0 Å². The molecule has 122 valence electrons. The molecule has 4 rings (SSSR count). The summed E-state index contributed by atoms with van der Waals surface area (Å²) < 4.78 is 1.93. The van der Waals surface area contributed by atoms with E-state index in [1.807, 2.05) is 48.7 Å². The first-order valence-electron chi connectivity index (χ1n) is 7.76. The van der Waals surface area contributed by atoms with Crippen molar-refractivity contribution < 1.29 is 4.79 Å². The number of rotatable bonds is 3. The van der Waals surface area contributed by atoms with Crippen LogP contribution >= 0.6 is 11.3 Å². The van der Waals surface area contributed by atoms with Crippen LogP contribution in [0, 0.1) is 25.2 Å². The highest BCUT2D eigenvalue weighted by Gasteiger charge is 2.18. The van der Waals surface area contributed by atoms with E-state index < -0.39 is 0 Å². The summed E-state index contributed by atoms with van der Waals surface area (Å²) in [5, 5.41) is 10.4. The molecule has 0 spiro atoms. The fourth-order valence-electron chi connectivity index (χ4n) is 2.94. The van der Waals surface area contributed by atoms with E-state index in [0.29, 0.717) is 5.56 Å². The number of allylic oxidation sites excluding steroid dienone is 1. The molecule has 1 N–H and O–H groups in total. The minimum absolute atomic E-state index is 0.0958. The van der Waals surface area contributed by atoms with Gasteiger partial charge in [-0.1, -0.05) is 18.2 Å². The number of nitrogens with zero attached hydrogens (tertiary/aromatic N) is 3. The molecule has 0 radical (unpaired) electrons. The predicted molar refractivity (Wildman–Crippen MR) is 98.8 cm³/mol. The van der Waals surface area contributed by atoms with Gasteiger partial charge in [-0.3, -0.25) is 9.20 Å². The van der Waals surface area contributed by atoms with Crippen LogP contribution in [0.25, 0.3) is 21.9 Å². The second-order valence-corrected chi connectivity index (χ2v) is 7.04. The maximum Gasteiger partial charge on any atom is 0.205 e. The summed E-state index contributed by atoms with van der Waals surface area (Å²) >= 11 is 1.58. The molecule has 0 aliphatic rings. The van der Waals surface area contributed by atoms with Gasteiger partial charge in [-0.25, -0.2) is 4.98 Å². The number of H-pyrrole nitrogens is 1. The number of aryl methyl sites for hydroxylation is 2. The minimum atomic E-state index is -0.291. The summed E-state index contributed by atoms with van der Waals surface area (Å²) in [6.07, 6.45) is 5.26. The molecule has 0 amide bonds. The highest BCUT2D eigenvalue weighted by atomic mass is 32.1. The molecule has 0 saturated heterocycles. The lowest BCUT2D eigenvalue weighted by molar-refractivity contribution is 0.104. The van der Waals surface area contributed by atoms with Gasteiger partial charge in [0.05, 0.1) is 11.4 Å². The molecule has 3 aromatic heterocycles. The number of benzene rings is 1. The van der Waals surface area contributed by atoms with Crippen LogP contribution in [0.1, 0.15) is 26.6 Å². The Hall–Kier alpha value is -3.17. The molecule has 3 heterocycles. The zero-order chi connectivity index (χ0) is 17.6. The zero-order valence-corrected chi connectivity index (χ0v) is 14.5. The number of nitrogens with one attached hydrogen (secondary N) is 1. The second kappa shape index (κ2) is 5.72. The summed E-state index contributed by atoms with van der Waals surface area (Å²) in [6.45, 7) is 3.89. The van der Waals surface area contributed by atoms with Crippen LogP contribution in [0.15, 0.2) is 42.2 Å². The lowest BCUT2D eigenvalue weighted by atomic mass is 10.0. The number of nitriles is 1. The van der Waals surface area contributed by atoms with Crippen LogP contribution in [-0.4, -0.2) is 20.2 Å². The summed E-state index contributed by atoms with van der Waals surface area (Å²) in [7, 11) is 0. The van der Waals surface area contributed by atoms with Crippen molar-refractivity contribution in [2.24, 2.45) is 0 Å². The molecule has 5 nitrogen and oxygen atoms in total. The first kappa shape index (κ1) is 15.4. The molecule has 0 aliphatic heterocycles. The van der Waals surface area contributed by atoms with E-state index in [1.54, 1.807) is 23.6 Å². The highest BCUT2D eigenvalue weighted by Crippen LogP contribution is 2.25. The standard InChI is InChI=1S/C19H14N4OS/c1-11-10-23-17(12(2)22-19(23)25-11)7-13(8-20)18(24)15-9-21-16-6-4-3-5-14(15)16/h3-7,9-10,21H,1-2H3/b13-7+. The Bertz CT molecular complexity index is 1200. The third-order valence-electron chi connectivity index (χ3n) is 4.14. The first-order chi connectivity index (χ1) is 12.1. The number of ketones is 1. The van der Waals surface area contributed by atoms with Crippen LogP contribution in [0.3, 0.4) is 0 Å². The molecule has 0 unspecified atom stereocenters. The van der Waals surface area contributed by atoms with E-state index in [-0.39, 0.29) is 11.4 Å². The van der Waals surface area contributed by atoms with Gasteiger partial charge in [-0.05, 0) is 26.0 Å². The Balaban J connectivity index is 1.84. The van der Waals surface area contributed by atoms with Gasteiger partial charge >= 0.3 is 0 Å². The minimum Gasteiger partial charge on any atom is -0.360 e. The number of Topliss-reactive ketones (excluding diaryl/α,β-unsaturated/α-hetero) is 1. The van der Waals surface area contributed by atoms with E-state index in [0.717, 1.165) is 32.1 Å². The lowest BCUT2D eigenvalue weighted by Crippen LogP contribution is -2.02. The van der Waals surface area contributed by atoms with Crippen LogP contribution in [0.4, 0.5) is 0 Å². The van der Waals surface area contributed by atoms with Crippen LogP contribution < -0.4 is 0 Å². The van der Waals surface area contributed by atoms with E-state index in [2.05, 4.69) is 16.0 Å². The number of thiazole rings is 1. The highest BCUT2D eigenvalue weighted by molar-refractivity contribution is 7.17. The molecule has 0 saturated carbocycles. The van der Waals surface area contributed by atoms with E-state index in [1.165, 1.54) is 0 Å². The number of fused-ring (bicyclic) bond motifs is 2. The SMILES string of the molecule is Cc1cn2c(/C=C(\C#N)C(=O)c3c[nH]c4ccccc34)c(C)nc2s1. The van der Waals surface area contributed by atoms with E-state index >= 15 is 0 Å². The number of hydrogen-bond acceptors (Lipinski definition) is 4. The maximum absolute atomic E-state index is 12.9. The third-order valence-corrected chi connectivity index (χ3v) is 5.04. The molecule has 6 heteroatoms. The number of para-hydroxylation sites is 1. The molecule has 0 fully saturated rings. The normalized spacial score (nSPS) is 12.0. The summed E-state index contributed by atoms with van der Waals surface area (Å²) in [6, 6.07) is 9.61. The average molecular weight is 346 g/mol. The Labute approximate surface area is 147 Å². The van der Waals surface area contributed by atoms with Crippen molar-refractivity contribution in [3.63, 3.8) is 0 Å². The molecule has 25 heavy (non-hydrogen) atoms.